The molecule has 8 heteroatoms. The van der Waals surface area contributed by atoms with Crippen molar-refractivity contribution in [1.82, 2.24) is 9.91 Å². The van der Waals surface area contributed by atoms with Crippen LogP contribution < -0.4 is 5.73 Å². The Bertz CT molecular complexity index is 934. The lowest BCUT2D eigenvalue weighted by molar-refractivity contribution is -0.143. The van der Waals surface area contributed by atoms with Crippen molar-refractivity contribution in [3.63, 3.8) is 0 Å². The molecule has 0 spiro atoms. The molecule has 2 rings (SSSR count). The van der Waals surface area contributed by atoms with Gasteiger partial charge >= 0.3 is 6.18 Å². The molecule has 0 aliphatic carbocycles. The molecular formula is C25H34F3N5. The summed E-state index contributed by atoms with van der Waals surface area (Å²) in [6.45, 7) is 15.3. The van der Waals surface area contributed by atoms with Gasteiger partial charge in [-0.2, -0.15) is 18.3 Å². The number of rotatable bonds is 10. The number of unbranched alkanes of at least 4 members (excludes halogenated alkanes) is 1. The van der Waals surface area contributed by atoms with E-state index in [-0.39, 0.29) is 11.9 Å². The highest BCUT2D eigenvalue weighted by molar-refractivity contribution is 5.92. The number of nitrogens with zero attached hydrogens (tertiary/aromatic N) is 4. The van der Waals surface area contributed by atoms with Crippen LogP contribution in [0, 0.1) is 5.92 Å². The molecule has 0 aromatic heterocycles. The van der Waals surface area contributed by atoms with Gasteiger partial charge in [-0.15, -0.1) is 0 Å². The first-order chi connectivity index (χ1) is 15.5. The maximum atomic E-state index is 12.5. The number of halogens is 3. The number of guanidine groups is 1. The van der Waals surface area contributed by atoms with Crippen LogP contribution in [0.15, 0.2) is 82.2 Å². The van der Waals surface area contributed by atoms with Crippen LogP contribution in [-0.4, -0.2) is 47.9 Å². The van der Waals surface area contributed by atoms with Crippen LogP contribution in [0.25, 0.3) is 0 Å². The van der Waals surface area contributed by atoms with Gasteiger partial charge in [-0.1, -0.05) is 51.0 Å². The lowest BCUT2D eigenvalue weighted by Gasteiger charge is -2.29. The van der Waals surface area contributed by atoms with E-state index in [2.05, 4.69) is 37.7 Å². The Morgan fingerprint density at radius 3 is 2.61 bits per heavy atom. The van der Waals surface area contributed by atoms with E-state index in [1.807, 2.05) is 13.0 Å². The van der Waals surface area contributed by atoms with E-state index in [1.165, 1.54) is 11.9 Å². The summed E-state index contributed by atoms with van der Waals surface area (Å²) in [5, 5.41) is 6.48. The smallest absolute Gasteiger partial charge is 0.368 e. The van der Waals surface area contributed by atoms with Crippen molar-refractivity contribution < 1.29 is 13.2 Å². The number of hydrogen-bond acceptors (Lipinski definition) is 5. The van der Waals surface area contributed by atoms with Gasteiger partial charge < -0.3 is 5.73 Å². The molecule has 33 heavy (non-hydrogen) atoms. The second kappa shape index (κ2) is 11.3. The highest BCUT2D eigenvalue weighted by Gasteiger charge is 2.31. The molecule has 0 saturated carbocycles. The summed E-state index contributed by atoms with van der Waals surface area (Å²) in [5.74, 6) is 0.413. The molecule has 2 heterocycles. The van der Waals surface area contributed by atoms with Gasteiger partial charge in [-0.3, -0.25) is 4.90 Å². The quantitative estimate of drug-likeness (QED) is 0.336. The summed E-state index contributed by atoms with van der Waals surface area (Å²) in [5.41, 5.74) is 11.2. The summed E-state index contributed by atoms with van der Waals surface area (Å²) < 4.78 is 37.5. The van der Waals surface area contributed by atoms with E-state index < -0.39 is 12.7 Å². The summed E-state index contributed by atoms with van der Waals surface area (Å²) in [7, 11) is 1.49. The molecule has 2 aliphatic heterocycles. The fraction of sp³-hybridized carbons (Fsp3) is 0.440. The van der Waals surface area contributed by atoms with Gasteiger partial charge in [0.15, 0.2) is 0 Å². The van der Waals surface area contributed by atoms with E-state index in [9.17, 15) is 13.2 Å². The number of hydrogen-bond donors (Lipinski definition) is 1. The van der Waals surface area contributed by atoms with Gasteiger partial charge in [0.1, 0.15) is 0 Å². The minimum atomic E-state index is -4.18. The zero-order chi connectivity index (χ0) is 24.8. The van der Waals surface area contributed by atoms with Crippen molar-refractivity contribution in [1.29, 1.82) is 0 Å². The average molecular weight is 462 g/mol. The molecule has 0 aromatic carbocycles. The van der Waals surface area contributed by atoms with E-state index in [0.29, 0.717) is 25.1 Å². The fourth-order valence-corrected chi connectivity index (χ4v) is 3.88. The molecular weight excluding hydrogens is 427 g/mol. The lowest BCUT2D eigenvalue weighted by atomic mass is 9.94. The number of hydrazone groups is 1. The fourth-order valence-electron chi connectivity index (χ4n) is 3.88. The topological polar surface area (TPSA) is 57.2 Å². The van der Waals surface area contributed by atoms with Crippen LogP contribution in [-0.2, 0) is 0 Å². The first kappa shape index (κ1) is 26.4. The van der Waals surface area contributed by atoms with E-state index >= 15 is 0 Å². The zero-order valence-corrected chi connectivity index (χ0v) is 19.8. The standard InChI is InChI=1S/C25H34F3N5/c1-7-11-19(8-2)23-22(17(3)4)21-14-13-18(5)20(31-33(21)24(29)30-23)12-9-10-15-32(6)16-25(26,27)28/h7-8,11,14,18H,1-3,9-10,12-13,15-16H2,4-6H3,(H2,29,30)/b19-11+. The monoisotopic (exact) mass is 461 g/mol. The second-order valence-electron chi connectivity index (χ2n) is 8.48. The van der Waals surface area contributed by atoms with Gasteiger partial charge in [0.05, 0.1) is 17.9 Å². The molecule has 2 N–H and O–H groups in total. The Balaban J connectivity index is 2.24. The van der Waals surface area contributed by atoms with Gasteiger partial charge in [0, 0.05) is 16.9 Å². The molecule has 1 unspecified atom stereocenters. The van der Waals surface area contributed by atoms with Crippen LogP contribution in [0.2, 0.25) is 0 Å². The van der Waals surface area contributed by atoms with Crippen LogP contribution in [0.1, 0.15) is 39.5 Å². The summed E-state index contributed by atoms with van der Waals surface area (Å²) in [6.07, 6.45) is 5.94. The molecule has 180 valence electrons. The molecule has 0 aromatic rings. The lowest BCUT2D eigenvalue weighted by Crippen LogP contribution is -2.37. The van der Waals surface area contributed by atoms with Crippen molar-refractivity contribution in [2.75, 3.05) is 20.1 Å². The summed E-state index contributed by atoms with van der Waals surface area (Å²) in [4.78, 5) is 5.90. The Labute approximate surface area is 194 Å². The van der Waals surface area contributed by atoms with Crippen molar-refractivity contribution in [2.45, 2.75) is 45.7 Å². The number of nitrogens with two attached hydrogens (primary N) is 1. The van der Waals surface area contributed by atoms with Gasteiger partial charge in [-0.25, -0.2) is 10.0 Å². The van der Waals surface area contributed by atoms with Crippen LogP contribution in [0.3, 0.4) is 0 Å². The number of fused-ring (bicyclic) bond motifs is 1. The van der Waals surface area contributed by atoms with Gasteiger partial charge in [0.2, 0.25) is 5.96 Å². The van der Waals surface area contributed by atoms with E-state index in [1.54, 1.807) is 17.2 Å². The minimum Gasteiger partial charge on any atom is -0.368 e. The third-order valence-corrected chi connectivity index (χ3v) is 5.52. The van der Waals surface area contributed by atoms with Crippen LogP contribution >= 0.6 is 0 Å². The van der Waals surface area contributed by atoms with Crippen molar-refractivity contribution in [2.24, 2.45) is 21.7 Å². The maximum Gasteiger partial charge on any atom is 0.401 e. The third kappa shape index (κ3) is 7.05. The summed E-state index contributed by atoms with van der Waals surface area (Å²) >= 11 is 0. The largest absolute Gasteiger partial charge is 0.401 e. The zero-order valence-electron chi connectivity index (χ0n) is 19.8. The number of alkyl halides is 3. The molecule has 0 amide bonds. The predicted molar refractivity (Wildman–Crippen MR) is 130 cm³/mol. The maximum absolute atomic E-state index is 12.5. The molecule has 1 atom stereocenters. The predicted octanol–water partition coefficient (Wildman–Crippen LogP) is 5.69. The highest BCUT2D eigenvalue weighted by atomic mass is 19.4. The molecule has 0 bridgehead atoms. The first-order valence-electron chi connectivity index (χ1n) is 11.0. The Hall–Kier alpha value is -2.87. The van der Waals surface area contributed by atoms with Crippen molar-refractivity contribution in [3.05, 3.63) is 72.2 Å². The minimum absolute atomic E-state index is 0.168. The number of allylic oxidation sites excluding steroid dienone is 5. The van der Waals surface area contributed by atoms with Gasteiger partial charge in [0.25, 0.3) is 0 Å². The molecule has 0 radical (unpaired) electrons. The van der Waals surface area contributed by atoms with Crippen molar-refractivity contribution >= 4 is 11.7 Å². The van der Waals surface area contributed by atoms with E-state index in [4.69, 9.17) is 10.8 Å². The van der Waals surface area contributed by atoms with Crippen LogP contribution in [0.4, 0.5) is 13.2 Å². The molecule has 2 aliphatic rings. The first-order valence-corrected chi connectivity index (χ1v) is 11.0. The SMILES string of the molecule is C=C/C=C(\C=C)C1=C(C(=C)C)C2=CCC(C)C(CCCCN(C)CC(F)(F)F)=NN2C(N)=N1. The van der Waals surface area contributed by atoms with Gasteiger partial charge in [-0.05, 0) is 57.7 Å². The Morgan fingerprint density at radius 2 is 2.03 bits per heavy atom. The number of aliphatic imine (C=N–C) groups is 1. The second-order valence-corrected chi connectivity index (χ2v) is 8.48. The summed E-state index contributed by atoms with van der Waals surface area (Å²) in [6, 6.07) is 0. The molecule has 5 nitrogen and oxygen atoms in total. The Kier molecular flexibility index (Phi) is 9.05. The Morgan fingerprint density at radius 1 is 1.33 bits per heavy atom. The average Bonchev–Trinajstić information content (AvgIpc) is 2.87. The molecule has 0 fully saturated rings. The molecule has 0 saturated heterocycles. The third-order valence-electron chi connectivity index (χ3n) is 5.52. The highest BCUT2D eigenvalue weighted by Crippen LogP contribution is 2.36. The van der Waals surface area contributed by atoms with Crippen LogP contribution in [0.5, 0.6) is 0 Å². The normalized spacial score (nSPS) is 19.5. The van der Waals surface area contributed by atoms with Crippen molar-refractivity contribution in [3.8, 4) is 0 Å². The van der Waals surface area contributed by atoms with E-state index in [0.717, 1.165) is 41.0 Å².